The van der Waals surface area contributed by atoms with E-state index in [4.69, 9.17) is 10.8 Å². The fraction of sp³-hybridized carbons (Fsp3) is 0.500. The first kappa shape index (κ1) is 7.24. The van der Waals surface area contributed by atoms with Crippen molar-refractivity contribution in [1.82, 2.24) is 9.55 Å². The van der Waals surface area contributed by atoms with E-state index in [1.54, 1.807) is 17.1 Å². The smallest absolute Gasteiger partial charge is 0.0947 e. The lowest BCUT2D eigenvalue weighted by Crippen LogP contribution is -2.14. The molecule has 4 nitrogen and oxygen atoms in total. The summed E-state index contributed by atoms with van der Waals surface area (Å²) in [6, 6.07) is -0.346. The molecular formula is C6H11N3O. The molecular weight excluding hydrogens is 130 g/mol. The summed E-state index contributed by atoms with van der Waals surface area (Å²) < 4.78 is 1.80. The fourth-order valence-electron chi connectivity index (χ4n) is 0.718. The number of rotatable bonds is 2. The molecule has 0 aromatic carbocycles. The molecule has 0 fully saturated rings. The van der Waals surface area contributed by atoms with E-state index in [0.29, 0.717) is 0 Å². The van der Waals surface area contributed by atoms with E-state index in [2.05, 4.69) is 4.98 Å². The summed E-state index contributed by atoms with van der Waals surface area (Å²) in [4.78, 5) is 3.96. The van der Waals surface area contributed by atoms with Gasteiger partial charge in [-0.3, -0.25) is 0 Å². The Kier molecular flexibility index (Phi) is 2.03. The largest absolute Gasteiger partial charge is 0.394 e. The second-order valence-electron chi connectivity index (χ2n) is 2.25. The molecule has 1 unspecified atom stereocenters. The Balaban J connectivity index is 2.74. The first-order chi connectivity index (χ1) is 4.74. The molecule has 56 valence electrons. The van der Waals surface area contributed by atoms with Gasteiger partial charge in [-0.15, -0.1) is 0 Å². The zero-order valence-electron chi connectivity index (χ0n) is 5.86. The van der Waals surface area contributed by atoms with Crippen LogP contribution in [0.1, 0.15) is 11.7 Å². The highest BCUT2D eigenvalue weighted by molar-refractivity contribution is 5.01. The Morgan fingerprint density at radius 3 is 3.00 bits per heavy atom. The zero-order valence-corrected chi connectivity index (χ0v) is 5.86. The van der Waals surface area contributed by atoms with Crippen LogP contribution in [-0.4, -0.2) is 21.3 Å². The van der Waals surface area contributed by atoms with Gasteiger partial charge >= 0.3 is 0 Å². The molecule has 0 bridgehead atoms. The Bertz CT molecular complexity index is 209. The fourth-order valence-corrected chi connectivity index (χ4v) is 0.718. The second-order valence-corrected chi connectivity index (χ2v) is 2.25. The van der Waals surface area contributed by atoms with E-state index in [-0.39, 0.29) is 12.6 Å². The molecule has 1 aromatic heterocycles. The number of aromatic nitrogens is 2. The molecule has 0 radical (unpaired) electrons. The predicted octanol–water partition coefficient (Wildman–Crippen LogP) is -0.588. The number of imidazole rings is 1. The molecule has 4 heteroatoms. The summed E-state index contributed by atoms with van der Waals surface area (Å²) in [5, 5.41) is 8.62. The minimum absolute atomic E-state index is 0.0585. The summed E-state index contributed by atoms with van der Waals surface area (Å²) in [5.74, 6) is 0. The molecule has 0 aliphatic carbocycles. The summed E-state index contributed by atoms with van der Waals surface area (Å²) in [5.41, 5.74) is 6.21. The van der Waals surface area contributed by atoms with Gasteiger partial charge in [-0.2, -0.15) is 0 Å². The van der Waals surface area contributed by atoms with Crippen molar-refractivity contribution < 1.29 is 5.11 Å². The van der Waals surface area contributed by atoms with E-state index in [9.17, 15) is 0 Å². The Morgan fingerprint density at radius 2 is 2.60 bits per heavy atom. The standard InChI is InChI=1S/C6H11N3O/c1-9-2-6(8-4-9)5(7)3-10/h2,4-5,10H,3,7H2,1H3. The number of nitrogens with two attached hydrogens (primary N) is 1. The van der Waals surface area contributed by atoms with Gasteiger partial charge in [0.1, 0.15) is 0 Å². The van der Waals surface area contributed by atoms with Crippen LogP contribution in [0.2, 0.25) is 0 Å². The summed E-state index contributed by atoms with van der Waals surface area (Å²) in [7, 11) is 1.86. The molecule has 0 amide bonds. The monoisotopic (exact) mass is 141 g/mol. The number of aliphatic hydroxyl groups is 1. The zero-order chi connectivity index (χ0) is 7.56. The third-order valence-electron chi connectivity index (χ3n) is 1.30. The van der Waals surface area contributed by atoms with Crippen LogP contribution < -0.4 is 5.73 Å². The van der Waals surface area contributed by atoms with E-state index in [0.717, 1.165) is 5.69 Å². The van der Waals surface area contributed by atoms with Crippen LogP contribution in [0.4, 0.5) is 0 Å². The van der Waals surface area contributed by atoms with Crippen LogP contribution in [0.25, 0.3) is 0 Å². The van der Waals surface area contributed by atoms with Crippen molar-refractivity contribution >= 4 is 0 Å². The average molecular weight is 141 g/mol. The molecule has 1 aromatic rings. The predicted molar refractivity (Wildman–Crippen MR) is 37.2 cm³/mol. The first-order valence-corrected chi connectivity index (χ1v) is 3.08. The number of hydrogen-bond donors (Lipinski definition) is 2. The van der Waals surface area contributed by atoms with Crippen molar-refractivity contribution in [3.05, 3.63) is 18.2 Å². The topological polar surface area (TPSA) is 64.1 Å². The number of aryl methyl sites for hydroxylation is 1. The Morgan fingerprint density at radius 1 is 1.90 bits per heavy atom. The van der Waals surface area contributed by atoms with Gasteiger partial charge in [-0.25, -0.2) is 4.98 Å². The maximum Gasteiger partial charge on any atom is 0.0947 e. The average Bonchev–Trinajstić information content (AvgIpc) is 2.34. The summed E-state index contributed by atoms with van der Waals surface area (Å²) >= 11 is 0. The van der Waals surface area contributed by atoms with E-state index < -0.39 is 0 Å². The third-order valence-corrected chi connectivity index (χ3v) is 1.30. The van der Waals surface area contributed by atoms with Crippen LogP contribution in [0.15, 0.2) is 12.5 Å². The van der Waals surface area contributed by atoms with E-state index in [1.165, 1.54) is 0 Å². The molecule has 1 atom stereocenters. The van der Waals surface area contributed by atoms with Gasteiger partial charge in [0.25, 0.3) is 0 Å². The Hall–Kier alpha value is -0.870. The normalized spacial score (nSPS) is 13.5. The molecule has 0 aliphatic heterocycles. The van der Waals surface area contributed by atoms with Gasteiger partial charge in [0.2, 0.25) is 0 Å². The van der Waals surface area contributed by atoms with Crippen molar-refractivity contribution in [3.63, 3.8) is 0 Å². The van der Waals surface area contributed by atoms with Crippen LogP contribution in [-0.2, 0) is 7.05 Å². The Labute approximate surface area is 59.3 Å². The van der Waals surface area contributed by atoms with Crippen molar-refractivity contribution in [2.24, 2.45) is 12.8 Å². The molecule has 0 spiro atoms. The van der Waals surface area contributed by atoms with Crippen LogP contribution in [0, 0.1) is 0 Å². The highest BCUT2D eigenvalue weighted by Crippen LogP contribution is 2.03. The molecule has 0 aliphatic rings. The molecule has 0 saturated carbocycles. The number of aliphatic hydroxyl groups excluding tert-OH is 1. The SMILES string of the molecule is Cn1cnc(C(N)CO)c1. The lowest BCUT2D eigenvalue weighted by Gasteiger charge is -2.01. The first-order valence-electron chi connectivity index (χ1n) is 3.08. The van der Waals surface area contributed by atoms with Gasteiger partial charge in [0.15, 0.2) is 0 Å². The maximum absolute atomic E-state index is 8.62. The van der Waals surface area contributed by atoms with Crippen LogP contribution in [0.3, 0.4) is 0 Å². The van der Waals surface area contributed by atoms with Crippen LogP contribution >= 0.6 is 0 Å². The third kappa shape index (κ3) is 1.34. The van der Waals surface area contributed by atoms with Gasteiger partial charge in [-0.05, 0) is 0 Å². The van der Waals surface area contributed by atoms with Crippen molar-refractivity contribution in [3.8, 4) is 0 Å². The minimum Gasteiger partial charge on any atom is -0.394 e. The summed E-state index contributed by atoms with van der Waals surface area (Å²) in [6.07, 6.45) is 3.45. The molecule has 10 heavy (non-hydrogen) atoms. The van der Waals surface area contributed by atoms with Gasteiger partial charge in [-0.1, -0.05) is 0 Å². The van der Waals surface area contributed by atoms with Crippen molar-refractivity contribution in [1.29, 1.82) is 0 Å². The lowest BCUT2D eigenvalue weighted by atomic mass is 10.2. The van der Waals surface area contributed by atoms with E-state index >= 15 is 0 Å². The second kappa shape index (κ2) is 2.81. The van der Waals surface area contributed by atoms with Gasteiger partial charge in [0.05, 0.1) is 24.7 Å². The molecule has 3 N–H and O–H groups in total. The molecule has 1 rings (SSSR count). The lowest BCUT2D eigenvalue weighted by molar-refractivity contribution is 0.266. The van der Waals surface area contributed by atoms with Crippen LogP contribution in [0.5, 0.6) is 0 Å². The number of nitrogens with zero attached hydrogens (tertiary/aromatic N) is 2. The van der Waals surface area contributed by atoms with Gasteiger partial charge < -0.3 is 15.4 Å². The number of hydrogen-bond acceptors (Lipinski definition) is 3. The van der Waals surface area contributed by atoms with Crippen molar-refractivity contribution in [2.45, 2.75) is 6.04 Å². The van der Waals surface area contributed by atoms with E-state index in [1.807, 2.05) is 7.05 Å². The highest BCUT2D eigenvalue weighted by Gasteiger charge is 2.05. The summed E-state index contributed by atoms with van der Waals surface area (Å²) in [6.45, 7) is -0.0585. The maximum atomic E-state index is 8.62. The molecule has 1 heterocycles. The minimum atomic E-state index is -0.346. The van der Waals surface area contributed by atoms with Crippen molar-refractivity contribution in [2.75, 3.05) is 6.61 Å². The quantitative estimate of drug-likeness (QED) is 0.578. The van der Waals surface area contributed by atoms with Gasteiger partial charge in [0, 0.05) is 13.2 Å². The highest BCUT2D eigenvalue weighted by atomic mass is 16.3. The molecule has 0 saturated heterocycles.